The van der Waals surface area contributed by atoms with Crippen molar-refractivity contribution < 1.29 is 4.79 Å². The molecule has 0 bridgehead atoms. The molecule has 0 spiro atoms. The molecule has 1 amide bonds. The van der Waals surface area contributed by atoms with Crippen LogP contribution in [0.2, 0.25) is 0 Å². The van der Waals surface area contributed by atoms with Gasteiger partial charge in [-0.3, -0.25) is 4.79 Å². The largest absolute Gasteiger partial charge is 0.345 e. The molecule has 1 heterocycles. The van der Waals surface area contributed by atoms with Crippen LogP contribution in [0.1, 0.15) is 30.8 Å². The molecule has 0 fully saturated rings. The highest BCUT2D eigenvalue weighted by molar-refractivity contribution is 9.10. The molecule has 1 aromatic rings. The molecular formula is C13H23BrClN3O. The fourth-order valence-electron chi connectivity index (χ4n) is 1.71. The first-order valence-electron chi connectivity index (χ1n) is 6.15. The average molecular weight is 353 g/mol. The molecule has 110 valence electrons. The van der Waals surface area contributed by atoms with Crippen LogP contribution in [-0.4, -0.2) is 35.0 Å². The molecule has 0 saturated carbocycles. The predicted molar refractivity (Wildman–Crippen MR) is 84.8 cm³/mol. The van der Waals surface area contributed by atoms with Gasteiger partial charge in [0.05, 0.1) is 0 Å². The third kappa shape index (κ3) is 5.16. The Kier molecular flexibility index (Phi) is 7.71. The lowest BCUT2D eigenvalue weighted by Gasteiger charge is -2.21. The Bertz CT molecular complexity index is 420. The zero-order valence-electron chi connectivity index (χ0n) is 11.9. The summed E-state index contributed by atoms with van der Waals surface area (Å²) in [5.74, 6) is 0.469. The van der Waals surface area contributed by atoms with Crippen LogP contribution in [0.4, 0.5) is 0 Å². The van der Waals surface area contributed by atoms with Crippen LogP contribution >= 0.6 is 28.3 Å². The Hall–Kier alpha value is -0.520. The summed E-state index contributed by atoms with van der Waals surface area (Å²) >= 11 is 3.37. The summed E-state index contributed by atoms with van der Waals surface area (Å²) in [4.78, 5) is 13.9. The smallest absolute Gasteiger partial charge is 0.270 e. The Labute approximate surface area is 129 Å². The van der Waals surface area contributed by atoms with Gasteiger partial charge in [0.25, 0.3) is 5.91 Å². The number of halogens is 2. The van der Waals surface area contributed by atoms with E-state index in [2.05, 4.69) is 29.8 Å². The number of nitrogens with two attached hydrogens (primary N) is 1. The number of carbonyl (C=O) groups is 1. The van der Waals surface area contributed by atoms with Crippen molar-refractivity contribution >= 4 is 34.2 Å². The summed E-state index contributed by atoms with van der Waals surface area (Å²) in [7, 11) is 3.68. The number of amides is 1. The van der Waals surface area contributed by atoms with Crippen LogP contribution < -0.4 is 5.73 Å². The van der Waals surface area contributed by atoms with E-state index in [4.69, 9.17) is 5.73 Å². The van der Waals surface area contributed by atoms with E-state index in [1.807, 2.05) is 30.9 Å². The highest BCUT2D eigenvalue weighted by Gasteiger charge is 2.17. The van der Waals surface area contributed by atoms with Crippen molar-refractivity contribution in [3.05, 3.63) is 22.4 Å². The number of hydrogen-bond acceptors (Lipinski definition) is 2. The van der Waals surface area contributed by atoms with Crippen LogP contribution in [0.3, 0.4) is 0 Å². The molecule has 2 N–H and O–H groups in total. The van der Waals surface area contributed by atoms with E-state index in [9.17, 15) is 4.79 Å². The molecule has 1 rings (SSSR count). The summed E-state index contributed by atoms with van der Waals surface area (Å²) < 4.78 is 2.74. The van der Waals surface area contributed by atoms with E-state index in [1.54, 1.807) is 4.90 Å². The van der Waals surface area contributed by atoms with E-state index < -0.39 is 0 Å². The summed E-state index contributed by atoms with van der Waals surface area (Å²) in [5, 5.41) is 0. The van der Waals surface area contributed by atoms with Gasteiger partial charge in [0.1, 0.15) is 5.69 Å². The van der Waals surface area contributed by atoms with E-state index in [0.29, 0.717) is 18.2 Å². The van der Waals surface area contributed by atoms with Gasteiger partial charge in [0, 0.05) is 37.4 Å². The second kappa shape index (κ2) is 7.92. The topological polar surface area (TPSA) is 51.3 Å². The summed E-state index contributed by atoms with van der Waals surface area (Å²) in [6.07, 6.45) is 2.70. The van der Waals surface area contributed by atoms with Crippen molar-refractivity contribution in [1.82, 2.24) is 9.47 Å². The van der Waals surface area contributed by atoms with Gasteiger partial charge in [-0.05, 0) is 34.3 Å². The van der Waals surface area contributed by atoms with Crippen molar-refractivity contribution in [2.24, 2.45) is 18.7 Å². The van der Waals surface area contributed by atoms with Crippen LogP contribution in [0.15, 0.2) is 16.7 Å². The number of aromatic nitrogens is 1. The van der Waals surface area contributed by atoms with Crippen LogP contribution in [0.25, 0.3) is 0 Å². The monoisotopic (exact) mass is 351 g/mol. The minimum absolute atomic E-state index is 0. The average Bonchev–Trinajstić information content (AvgIpc) is 2.63. The molecule has 0 aliphatic carbocycles. The molecular weight excluding hydrogens is 330 g/mol. The van der Waals surface area contributed by atoms with Gasteiger partial charge in [-0.1, -0.05) is 13.8 Å². The van der Waals surface area contributed by atoms with Crippen molar-refractivity contribution in [3.8, 4) is 0 Å². The van der Waals surface area contributed by atoms with E-state index >= 15 is 0 Å². The maximum Gasteiger partial charge on any atom is 0.270 e. The normalized spacial score (nSPS) is 12.2. The molecule has 0 aromatic carbocycles. The predicted octanol–water partition coefficient (Wildman–Crippen LogP) is 2.65. The quantitative estimate of drug-likeness (QED) is 0.885. The first-order chi connectivity index (χ1) is 8.32. The summed E-state index contributed by atoms with van der Waals surface area (Å²) in [6.45, 7) is 4.88. The van der Waals surface area contributed by atoms with E-state index in [0.717, 1.165) is 10.9 Å². The SMILES string of the molecule is CC(C)C(N)CCN(C)C(=O)c1cc(Br)cn1C.Cl. The van der Waals surface area contributed by atoms with Gasteiger partial charge >= 0.3 is 0 Å². The van der Waals surface area contributed by atoms with Gasteiger partial charge in [0.15, 0.2) is 0 Å². The second-order valence-corrected chi connectivity index (χ2v) is 5.99. The minimum Gasteiger partial charge on any atom is -0.345 e. The van der Waals surface area contributed by atoms with E-state index in [1.165, 1.54) is 0 Å². The number of hydrogen-bond donors (Lipinski definition) is 1. The molecule has 0 saturated heterocycles. The molecule has 1 unspecified atom stereocenters. The Morgan fingerprint density at radius 3 is 2.53 bits per heavy atom. The first kappa shape index (κ1) is 18.5. The first-order valence-corrected chi connectivity index (χ1v) is 6.95. The molecule has 0 aliphatic heterocycles. The molecule has 0 radical (unpaired) electrons. The number of carbonyl (C=O) groups excluding carboxylic acids is 1. The standard InChI is InChI=1S/C13H22BrN3O.ClH/c1-9(2)11(15)5-6-16(3)13(18)12-7-10(14)8-17(12)4;/h7-9,11H,5-6,15H2,1-4H3;1H. The highest BCUT2D eigenvalue weighted by atomic mass is 79.9. The van der Waals surface area contributed by atoms with Crippen LogP contribution in [0, 0.1) is 5.92 Å². The van der Waals surface area contributed by atoms with Crippen molar-refractivity contribution in [1.29, 1.82) is 0 Å². The fourth-order valence-corrected chi connectivity index (χ4v) is 2.23. The third-order valence-corrected chi connectivity index (χ3v) is 3.63. The number of nitrogens with zero attached hydrogens (tertiary/aromatic N) is 2. The van der Waals surface area contributed by atoms with Crippen LogP contribution in [0.5, 0.6) is 0 Å². The molecule has 4 nitrogen and oxygen atoms in total. The van der Waals surface area contributed by atoms with Gasteiger partial charge < -0.3 is 15.2 Å². The molecule has 0 aliphatic rings. The van der Waals surface area contributed by atoms with Crippen molar-refractivity contribution in [2.45, 2.75) is 26.3 Å². The number of aryl methyl sites for hydroxylation is 1. The van der Waals surface area contributed by atoms with Crippen LogP contribution in [-0.2, 0) is 7.05 Å². The Balaban J connectivity index is 0.00000324. The fraction of sp³-hybridized carbons (Fsp3) is 0.615. The molecule has 19 heavy (non-hydrogen) atoms. The summed E-state index contributed by atoms with van der Waals surface area (Å²) in [6, 6.07) is 1.97. The zero-order valence-corrected chi connectivity index (χ0v) is 14.3. The lowest BCUT2D eigenvalue weighted by atomic mass is 10.0. The zero-order chi connectivity index (χ0) is 13.9. The highest BCUT2D eigenvalue weighted by Crippen LogP contribution is 2.15. The minimum atomic E-state index is 0. The second-order valence-electron chi connectivity index (χ2n) is 5.08. The van der Waals surface area contributed by atoms with Crippen molar-refractivity contribution in [3.63, 3.8) is 0 Å². The number of rotatable bonds is 5. The maximum atomic E-state index is 12.2. The lowest BCUT2D eigenvalue weighted by molar-refractivity contribution is 0.0780. The molecule has 1 aromatic heterocycles. The van der Waals surface area contributed by atoms with Gasteiger partial charge in [-0.2, -0.15) is 0 Å². The van der Waals surface area contributed by atoms with E-state index in [-0.39, 0.29) is 24.4 Å². The van der Waals surface area contributed by atoms with Crippen molar-refractivity contribution in [2.75, 3.05) is 13.6 Å². The lowest BCUT2D eigenvalue weighted by Crippen LogP contribution is -2.35. The maximum absolute atomic E-state index is 12.2. The van der Waals surface area contributed by atoms with Gasteiger partial charge in [0.2, 0.25) is 0 Å². The summed E-state index contributed by atoms with van der Waals surface area (Å²) in [5.41, 5.74) is 6.67. The van der Waals surface area contributed by atoms with Gasteiger partial charge in [-0.25, -0.2) is 0 Å². The molecule has 6 heteroatoms. The molecule has 1 atom stereocenters. The Morgan fingerprint density at radius 1 is 1.53 bits per heavy atom. The Morgan fingerprint density at radius 2 is 2.11 bits per heavy atom. The van der Waals surface area contributed by atoms with Gasteiger partial charge in [-0.15, -0.1) is 12.4 Å². The third-order valence-electron chi connectivity index (χ3n) is 3.19.